The van der Waals surface area contributed by atoms with Crippen molar-refractivity contribution < 1.29 is 0 Å². The molecular weight excluding hydrogens is 248 g/mol. The van der Waals surface area contributed by atoms with E-state index in [4.69, 9.17) is 0 Å². The highest BCUT2D eigenvalue weighted by Gasteiger charge is 2.24. The summed E-state index contributed by atoms with van der Waals surface area (Å²) in [5.74, 6) is 1.60. The maximum atomic E-state index is 4.24. The van der Waals surface area contributed by atoms with Crippen molar-refractivity contribution in [3.05, 3.63) is 36.9 Å². The zero-order valence-electron chi connectivity index (χ0n) is 12.2. The highest BCUT2D eigenvalue weighted by molar-refractivity contribution is 5.60. The van der Waals surface area contributed by atoms with Crippen LogP contribution in [-0.2, 0) is 0 Å². The van der Waals surface area contributed by atoms with Gasteiger partial charge in [-0.1, -0.05) is 26.0 Å². The van der Waals surface area contributed by atoms with Crippen LogP contribution in [0.25, 0.3) is 5.69 Å². The Kier molecular flexibility index (Phi) is 3.72. The van der Waals surface area contributed by atoms with Crippen LogP contribution < -0.4 is 5.32 Å². The summed E-state index contributed by atoms with van der Waals surface area (Å²) in [6, 6.07) is 8.86. The van der Waals surface area contributed by atoms with E-state index in [1.165, 1.54) is 19.3 Å². The molecule has 2 unspecified atom stereocenters. The minimum absolute atomic E-state index is 0.554. The predicted molar refractivity (Wildman–Crippen MR) is 80.9 cm³/mol. The normalized spacial score (nSPS) is 26.4. The van der Waals surface area contributed by atoms with Crippen molar-refractivity contribution in [2.45, 2.75) is 39.2 Å². The summed E-state index contributed by atoms with van der Waals surface area (Å²) in [4.78, 5) is 4.03. The van der Waals surface area contributed by atoms with Gasteiger partial charge in [-0.25, -0.2) is 9.67 Å². The molecule has 20 heavy (non-hydrogen) atoms. The first-order valence-electron chi connectivity index (χ1n) is 7.43. The van der Waals surface area contributed by atoms with Gasteiger partial charge in [0.25, 0.3) is 0 Å². The molecule has 0 saturated heterocycles. The first-order chi connectivity index (χ1) is 9.72. The number of para-hydroxylation sites is 2. The van der Waals surface area contributed by atoms with Crippen molar-refractivity contribution in [2.24, 2.45) is 11.8 Å². The molecule has 3 rings (SSSR count). The number of benzene rings is 1. The molecule has 0 amide bonds. The van der Waals surface area contributed by atoms with Crippen LogP contribution in [0.5, 0.6) is 0 Å². The third kappa shape index (κ3) is 2.84. The van der Waals surface area contributed by atoms with Gasteiger partial charge in [-0.2, -0.15) is 5.10 Å². The lowest BCUT2D eigenvalue weighted by molar-refractivity contribution is 0.281. The van der Waals surface area contributed by atoms with Gasteiger partial charge in [-0.15, -0.1) is 0 Å². The van der Waals surface area contributed by atoms with Crippen LogP contribution in [0.4, 0.5) is 5.69 Å². The monoisotopic (exact) mass is 270 g/mol. The first kappa shape index (κ1) is 13.2. The van der Waals surface area contributed by atoms with Crippen LogP contribution in [0.1, 0.15) is 33.1 Å². The zero-order valence-corrected chi connectivity index (χ0v) is 12.2. The third-order valence-corrected chi connectivity index (χ3v) is 4.11. The van der Waals surface area contributed by atoms with Gasteiger partial charge in [0.15, 0.2) is 0 Å². The average Bonchev–Trinajstić information content (AvgIpc) is 2.92. The van der Waals surface area contributed by atoms with Gasteiger partial charge in [0.2, 0.25) is 0 Å². The fourth-order valence-electron chi connectivity index (χ4n) is 3.41. The van der Waals surface area contributed by atoms with Crippen molar-refractivity contribution in [3.63, 3.8) is 0 Å². The summed E-state index contributed by atoms with van der Waals surface area (Å²) in [7, 11) is 0. The summed E-state index contributed by atoms with van der Waals surface area (Å²) < 4.78 is 1.82. The Morgan fingerprint density at radius 3 is 2.55 bits per heavy atom. The van der Waals surface area contributed by atoms with Crippen molar-refractivity contribution in [1.29, 1.82) is 0 Å². The van der Waals surface area contributed by atoms with E-state index < -0.39 is 0 Å². The molecule has 1 N–H and O–H groups in total. The van der Waals surface area contributed by atoms with Crippen LogP contribution >= 0.6 is 0 Å². The highest BCUT2D eigenvalue weighted by atomic mass is 15.3. The lowest BCUT2D eigenvalue weighted by Crippen LogP contribution is -2.30. The molecular formula is C16H22N4. The topological polar surface area (TPSA) is 42.7 Å². The second kappa shape index (κ2) is 5.65. The van der Waals surface area contributed by atoms with E-state index in [0.29, 0.717) is 6.04 Å². The van der Waals surface area contributed by atoms with Crippen molar-refractivity contribution in [3.8, 4) is 5.69 Å². The maximum absolute atomic E-state index is 4.24. The average molecular weight is 270 g/mol. The summed E-state index contributed by atoms with van der Waals surface area (Å²) in [5, 5.41) is 7.95. The van der Waals surface area contributed by atoms with Crippen molar-refractivity contribution in [1.82, 2.24) is 14.8 Å². The number of aromatic nitrogens is 3. The first-order valence-corrected chi connectivity index (χ1v) is 7.43. The fraction of sp³-hybridized carbons (Fsp3) is 0.500. The maximum Gasteiger partial charge on any atom is 0.138 e. The summed E-state index contributed by atoms with van der Waals surface area (Å²) in [6.07, 6.45) is 7.16. The van der Waals surface area contributed by atoms with Gasteiger partial charge in [-0.3, -0.25) is 0 Å². The van der Waals surface area contributed by atoms with E-state index in [1.54, 1.807) is 12.7 Å². The third-order valence-electron chi connectivity index (χ3n) is 4.11. The number of anilines is 1. The summed E-state index contributed by atoms with van der Waals surface area (Å²) in [5.41, 5.74) is 2.21. The largest absolute Gasteiger partial charge is 0.381 e. The van der Waals surface area contributed by atoms with Gasteiger partial charge in [0.05, 0.1) is 11.4 Å². The van der Waals surface area contributed by atoms with Crippen LogP contribution in [0.3, 0.4) is 0 Å². The SMILES string of the molecule is CC1CC(C)CC(Nc2ccccc2-n2cncn2)C1. The van der Waals surface area contributed by atoms with Crippen LogP contribution in [0.2, 0.25) is 0 Å². The number of hydrogen-bond donors (Lipinski definition) is 1. The van der Waals surface area contributed by atoms with Gasteiger partial charge >= 0.3 is 0 Å². The molecule has 1 saturated carbocycles. The van der Waals surface area contributed by atoms with Crippen LogP contribution in [-0.4, -0.2) is 20.8 Å². The predicted octanol–water partition coefficient (Wildman–Crippen LogP) is 3.50. The Hall–Kier alpha value is -1.84. The molecule has 1 fully saturated rings. The lowest BCUT2D eigenvalue weighted by atomic mass is 9.80. The molecule has 2 aromatic rings. The Morgan fingerprint density at radius 2 is 1.85 bits per heavy atom. The van der Waals surface area contributed by atoms with E-state index in [2.05, 4.69) is 47.4 Å². The molecule has 4 nitrogen and oxygen atoms in total. The molecule has 0 radical (unpaired) electrons. The molecule has 1 aromatic carbocycles. The molecule has 1 aromatic heterocycles. The standard InChI is InChI=1S/C16H22N4/c1-12-7-13(2)9-14(8-12)19-15-5-3-4-6-16(15)20-11-17-10-18-20/h3-6,10-14,19H,7-9H2,1-2H3. The number of rotatable bonds is 3. The zero-order chi connectivity index (χ0) is 13.9. The number of nitrogens with one attached hydrogen (secondary N) is 1. The summed E-state index contributed by atoms with van der Waals surface area (Å²) in [6.45, 7) is 4.71. The molecule has 106 valence electrons. The van der Waals surface area contributed by atoms with E-state index in [1.807, 2.05) is 10.7 Å². The Balaban J connectivity index is 1.81. The summed E-state index contributed by atoms with van der Waals surface area (Å²) >= 11 is 0. The second-order valence-electron chi connectivity index (χ2n) is 6.12. The molecule has 2 atom stereocenters. The molecule has 4 heteroatoms. The Morgan fingerprint density at radius 1 is 1.10 bits per heavy atom. The molecule has 0 aliphatic heterocycles. The second-order valence-corrected chi connectivity index (χ2v) is 6.12. The van der Waals surface area contributed by atoms with E-state index in [-0.39, 0.29) is 0 Å². The molecule has 1 aliphatic rings. The smallest absolute Gasteiger partial charge is 0.138 e. The fourth-order valence-corrected chi connectivity index (χ4v) is 3.41. The molecule has 0 spiro atoms. The Bertz CT molecular complexity index is 539. The molecule has 1 heterocycles. The Labute approximate surface area is 120 Å². The van der Waals surface area contributed by atoms with Gasteiger partial charge < -0.3 is 5.32 Å². The van der Waals surface area contributed by atoms with E-state index in [0.717, 1.165) is 23.2 Å². The lowest BCUT2D eigenvalue weighted by Gasteiger charge is -2.33. The van der Waals surface area contributed by atoms with Crippen LogP contribution in [0, 0.1) is 11.8 Å². The van der Waals surface area contributed by atoms with Crippen molar-refractivity contribution in [2.75, 3.05) is 5.32 Å². The number of nitrogens with zero attached hydrogens (tertiary/aromatic N) is 3. The highest BCUT2D eigenvalue weighted by Crippen LogP contribution is 2.31. The minimum Gasteiger partial charge on any atom is -0.381 e. The van der Waals surface area contributed by atoms with E-state index >= 15 is 0 Å². The quantitative estimate of drug-likeness (QED) is 0.928. The molecule has 1 aliphatic carbocycles. The van der Waals surface area contributed by atoms with Gasteiger partial charge in [-0.05, 0) is 43.2 Å². The van der Waals surface area contributed by atoms with E-state index in [9.17, 15) is 0 Å². The van der Waals surface area contributed by atoms with Crippen molar-refractivity contribution >= 4 is 5.69 Å². The van der Waals surface area contributed by atoms with Gasteiger partial charge in [0.1, 0.15) is 12.7 Å². The molecule has 0 bridgehead atoms. The number of hydrogen-bond acceptors (Lipinski definition) is 3. The minimum atomic E-state index is 0.554. The van der Waals surface area contributed by atoms with Gasteiger partial charge in [0, 0.05) is 6.04 Å². The van der Waals surface area contributed by atoms with Crippen LogP contribution in [0.15, 0.2) is 36.9 Å².